The molecule has 0 saturated heterocycles. The van der Waals surface area contributed by atoms with Gasteiger partial charge in [-0.25, -0.2) is 8.78 Å². The fraction of sp³-hybridized carbons (Fsp3) is 0.263. The highest BCUT2D eigenvalue weighted by Gasteiger charge is 2.15. The number of hydrogen-bond donors (Lipinski definition) is 0. The van der Waals surface area contributed by atoms with Crippen molar-refractivity contribution in [2.24, 2.45) is 0 Å². The van der Waals surface area contributed by atoms with Gasteiger partial charge in [-0.15, -0.1) is 10.2 Å². The SMILES string of the molecule is Cc1cc(C(F)F)nn1Cc1nnc(Cc2ccn(Cc3ccccc3)n2)s1. The third kappa shape index (κ3) is 4.30. The summed E-state index contributed by atoms with van der Waals surface area (Å²) in [5.74, 6) is 0. The fourth-order valence-electron chi connectivity index (χ4n) is 2.87. The van der Waals surface area contributed by atoms with E-state index in [1.165, 1.54) is 27.6 Å². The number of alkyl halides is 2. The highest BCUT2D eigenvalue weighted by atomic mass is 32.1. The van der Waals surface area contributed by atoms with Crippen molar-refractivity contribution in [3.05, 3.63) is 81.3 Å². The van der Waals surface area contributed by atoms with Crippen molar-refractivity contribution >= 4 is 11.3 Å². The third-order valence-corrected chi connectivity index (χ3v) is 5.14. The Labute approximate surface area is 164 Å². The molecular weight excluding hydrogens is 382 g/mol. The molecule has 0 aliphatic heterocycles. The molecule has 0 fully saturated rings. The van der Waals surface area contributed by atoms with Gasteiger partial charge in [0.1, 0.15) is 15.7 Å². The number of aromatic nitrogens is 6. The van der Waals surface area contributed by atoms with E-state index in [-0.39, 0.29) is 5.69 Å². The number of halogens is 2. The molecule has 4 rings (SSSR count). The average molecular weight is 400 g/mol. The lowest BCUT2D eigenvalue weighted by Crippen LogP contribution is -2.04. The van der Waals surface area contributed by atoms with E-state index in [0.29, 0.717) is 25.2 Å². The largest absolute Gasteiger partial charge is 0.282 e. The third-order valence-electron chi connectivity index (χ3n) is 4.23. The summed E-state index contributed by atoms with van der Waals surface area (Å²) in [5, 5.41) is 18.4. The van der Waals surface area contributed by atoms with Crippen molar-refractivity contribution in [3.63, 3.8) is 0 Å². The molecule has 0 radical (unpaired) electrons. The first-order valence-corrected chi connectivity index (χ1v) is 9.58. The number of rotatable bonds is 7. The minimum Gasteiger partial charge on any atom is -0.268 e. The quantitative estimate of drug-likeness (QED) is 0.473. The zero-order chi connectivity index (χ0) is 19.5. The summed E-state index contributed by atoms with van der Waals surface area (Å²) in [6.07, 6.45) is -0.0424. The van der Waals surface area contributed by atoms with Gasteiger partial charge in [0.2, 0.25) is 0 Å². The van der Waals surface area contributed by atoms with Crippen molar-refractivity contribution in [1.82, 2.24) is 29.8 Å². The molecule has 0 spiro atoms. The molecule has 3 heterocycles. The van der Waals surface area contributed by atoms with E-state index in [0.717, 1.165) is 15.7 Å². The molecule has 3 aromatic heterocycles. The summed E-state index contributed by atoms with van der Waals surface area (Å²) >= 11 is 1.44. The van der Waals surface area contributed by atoms with Crippen LogP contribution in [0.5, 0.6) is 0 Å². The van der Waals surface area contributed by atoms with Gasteiger partial charge in [0.05, 0.1) is 18.8 Å². The molecule has 0 aliphatic rings. The van der Waals surface area contributed by atoms with Gasteiger partial charge >= 0.3 is 0 Å². The van der Waals surface area contributed by atoms with Crippen LogP contribution in [0.25, 0.3) is 0 Å². The number of benzene rings is 1. The number of hydrogen-bond acceptors (Lipinski definition) is 5. The van der Waals surface area contributed by atoms with E-state index in [9.17, 15) is 8.78 Å². The maximum atomic E-state index is 12.8. The number of nitrogens with zero attached hydrogens (tertiary/aromatic N) is 6. The van der Waals surface area contributed by atoms with Gasteiger partial charge in [-0.2, -0.15) is 10.2 Å². The Balaban J connectivity index is 1.40. The van der Waals surface area contributed by atoms with Crippen molar-refractivity contribution in [2.45, 2.75) is 32.9 Å². The van der Waals surface area contributed by atoms with E-state index in [1.54, 1.807) is 6.92 Å². The van der Waals surface area contributed by atoms with Crippen LogP contribution in [0.4, 0.5) is 8.78 Å². The van der Waals surface area contributed by atoms with Gasteiger partial charge in [-0.05, 0) is 24.6 Å². The lowest BCUT2D eigenvalue weighted by atomic mass is 10.2. The van der Waals surface area contributed by atoms with Crippen LogP contribution in [0.15, 0.2) is 48.7 Å². The van der Waals surface area contributed by atoms with E-state index < -0.39 is 6.43 Å². The van der Waals surface area contributed by atoms with Crippen LogP contribution < -0.4 is 0 Å². The molecule has 28 heavy (non-hydrogen) atoms. The summed E-state index contributed by atoms with van der Waals surface area (Å²) < 4.78 is 29.0. The molecule has 9 heteroatoms. The molecule has 0 aliphatic carbocycles. The minimum atomic E-state index is -2.57. The van der Waals surface area contributed by atoms with Crippen LogP contribution in [0.2, 0.25) is 0 Å². The van der Waals surface area contributed by atoms with Crippen LogP contribution in [-0.4, -0.2) is 29.8 Å². The van der Waals surface area contributed by atoms with Crippen molar-refractivity contribution < 1.29 is 8.78 Å². The van der Waals surface area contributed by atoms with Crippen LogP contribution in [-0.2, 0) is 19.5 Å². The first kappa shape index (κ1) is 18.4. The molecule has 6 nitrogen and oxygen atoms in total. The zero-order valence-electron chi connectivity index (χ0n) is 15.2. The fourth-order valence-corrected chi connectivity index (χ4v) is 3.71. The monoisotopic (exact) mass is 400 g/mol. The van der Waals surface area contributed by atoms with Crippen molar-refractivity contribution in [3.8, 4) is 0 Å². The normalized spacial score (nSPS) is 11.4. The molecule has 0 atom stereocenters. The van der Waals surface area contributed by atoms with Crippen molar-refractivity contribution in [1.29, 1.82) is 0 Å². The first-order valence-electron chi connectivity index (χ1n) is 8.77. The smallest absolute Gasteiger partial charge is 0.268 e. The lowest BCUT2D eigenvalue weighted by molar-refractivity contribution is 0.145. The number of aryl methyl sites for hydroxylation is 1. The maximum absolute atomic E-state index is 12.8. The lowest BCUT2D eigenvalue weighted by Gasteiger charge is -2.01. The molecule has 0 saturated carbocycles. The van der Waals surface area contributed by atoms with E-state index in [1.807, 2.05) is 35.1 Å². The molecule has 0 unspecified atom stereocenters. The summed E-state index contributed by atoms with van der Waals surface area (Å²) in [4.78, 5) is 0. The molecule has 0 bridgehead atoms. The summed E-state index contributed by atoms with van der Waals surface area (Å²) in [7, 11) is 0. The predicted molar refractivity (Wildman–Crippen MR) is 102 cm³/mol. The van der Waals surface area contributed by atoms with E-state index in [2.05, 4.69) is 32.5 Å². The van der Waals surface area contributed by atoms with E-state index in [4.69, 9.17) is 0 Å². The van der Waals surface area contributed by atoms with Crippen LogP contribution in [0.1, 0.15) is 39.1 Å². The van der Waals surface area contributed by atoms with Gasteiger partial charge in [-0.3, -0.25) is 9.36 Å². The predicted octanol–water partition coefficient (Wildman–Crippen LogP) is 3.86. The molecule has 4 aromatic rings. The molecule has 144 valence electrons. The Morgan fingerprint density at radius 3 is 2.54 bits per heavy atom. The second-order valence-electron chi connectivity index (χ2n) is 6.43. The Hall–Kier alpha value is -2.94. The van der Waals surface area contributed by atoms with Gasteiger partial charge in [0.15, 0.2) is 0 Å². The van der Waals surface area contributed by atoms with Gasteiger partial charge < -0.3 is 0 Å². The Morgan fingerprint density at radius 1 is 1.00 bits per heavy atom. The molecular formula is C19H18F2N6S. The highest BCUT2D eigenvalue weighted by Crippen LogP contribution is 2.20. The van der Waals surface area contributed by atoms with Crippen LogP contribution in [0.3, 0.4) is 0 Å². The zero-order valence-corrected chi connectivity index (χ0v) is 16.0. The van der Waals surface area contributed by atoms with Gasteiger partial charge in [0.25, 0.3) is 6.43 Å². The second kappa shape index (κ2) is 7.97. The van der Waals surface area contributed by atoms with E-state index >= 15 is 0 Å². The summed E-state index contributed by atoms with van der Waals surface area (Å²) in [5.41, 5.74) is 2.56. The average Bonchev–Trinajstić information content (AvgIpc) is 3.39. The molecule has 0 amide bonds. The van der Waals surface area contributed by atoms with Gasteiger partial charge in [0, 0.05) is 18.3 Å². The Kier molecular flexibility index (Phi) is 5.25. The second-order valence-corrected chi connectivity index (χ2v) is 7.57. The first-order chi connectivity index (χ1) is 13.6. The molecule has 1 aromatic carbocycles. The topological polar surface area (TPSA) is 61.4 Å². The Bertz CT molecular complexity index is 1050. The maximum Gasteiger partial charge on any atom is 0.282 e. The Morgan fingerprint density at radius 2 is 1.79 bits per heavy atom. The summed E-state index contributed by atoms with van der Waals surface area (Å²) in [6, 6.07) is 13.5. The van der Waals surface area contributed by atoms with Crippen molar-refractivity contribution in [2.75, 3.05) is 0 Å². The van der Waals surface area contributed by atoms with Crippen LogP contribution >= 0.6 is 11.3 Å². The highest BCUT2D eigenvalue weighted by molar-refractivity contribution is 7.11. The molecule has 0 N–H and O–H groups in total. The standard InChI is InChI=1S/C19H18F2N6S/c1-13-9-16(19(20)21)25-27(13)12-18-23-22-17(28-18)10-15-7-8-26(24-15)11-14-5-3-2-4-6-14/h2-9,19H,10-12H2,1H3. The minimum absolute atomic E-state index is 0.216. The summed E-state index contributed by atoms with van der Waals surface area (Å²) in [6.45, 7) is 2.80. The van der Waals surface area contributed by atoms with Gasteiger partial charge in [-0.1, -0.05) is 41.7 Å². The van der Waals surface area contributed by atoms with Crippen LogP contribution in [0, 0.1) is 6.92 Å².